The summed E-state index contributed by atoms with van der Waals surface area (Å²) in [5.41, 5.74) is 0. The predicted molar refractivity (Wildman–Crippen MR) is 77.9 cm³/mol. The Morgan fingerprint density at radius 2 is 2.09 bits per heavy atom. The Balaban J connectivity index is 1.77. The van der Waals surface area contributed by atoms with Crippen molar-refractivity contribution in [2.24, 2.45) is 5.92 Å². The Morgan fingerprint density at radius 1 is 1.26 bits per heavy atom. The first-order chi connectivity index (χ1) is 11.0. The van der Waals surface area contributed by atoms with Crippen LogP contribution in [0.15, 0.2) is 35.7 Å². The van der Waals surface area contributed by atoms with Crippen LogP contribution in [0, 0.1) is 17.6 Å². The van der Waals surface area contributed by atoms with Crippen LogP contribution < -0.4 is 0 Å². The van der Waals surface area contributed by atoms with Gasteiger partial charge in [-0.15, -0.1) is 0 Å². The summed E-state index contributed by atoms with van der Waals surface area (Å²) < 4.78 is 54.5. The second kappa shape index (κ2) is 6.32. The number of hydrogen-bond acceptors (Lipinski definition) is 4. The van der Waals surface area contributed by atoms with Crippen molar-refractivity contribution in [3.63, 3.8) is 0 Å². The molecular weight excluding hydrogens is 326 g/mol. The Kier molecular flexibility index (Phi) is 4.40. The molecule has 0 aliphatic carbocycles. The SMILES string of the molecule is O=S(=O)(c1ccc(F)c(F)c1)N1CCCC(Cn2cncn2)C1. The molecule has 1 aliphatic heterocycles. The monoisotopic (exact) mass is 342 g/mol. The predicted octanol–water partition coefficient (Wildman–Crippen LogP) is 1.66. The van der Waals surface area contributed by atoms with Crippen LogP contribution >= 0.6 is 0 Å². The molecule has 23 heavy (non-hydrogen) atoms. The summed E-state index contributed by atoms with van der Waals surface area (Å²) in [5, 5.41) is 4.02. The zero-order valence-corrected chi connectivity index (χ0v) is 13.1. The number of nitrogens with zero attached hydrogens (tertiary/aromatic N) is 4. The van der Waals surface area contributed by atoms with Crippen LogP contribution in [0.25, 0.3) is 0 Å². The fourth-order valence-corrected chi connectivity index (χ4v) is 4.34. The molecule has 1 aliphatic rings. The van der Waals surface area contributed by atoms with E-state index in [4.69, 9.17) is 0 Å². The number of sulfonamides is 1. The normalized spacial score (nSPS) is 19.8. The lowest BCUT2D eigenvalue weighted by Gasteiger charge is -2.31. The topological polar surface area (TPSA) is 68.1 Å². The van der Waals surface area contributed by atoms with Crippen LogP contribution in [0.3, 0.4) is 0 Å². The molecule has 1 aromatic heterocycles. The molecule has 0 spiro atoms. The molecule has 1 atom stereocenters. The molecule has 1 unspecified atom stereocenters. The zero-order chi connectivity index (χ0) is 16.4. The lowest BCUT2D eigenvalue weighted by molar-refractivity contribution is 0.239. The van der Waals surface area contributed by atoms with Crippen LogP contribution in [0.1, 0.15) is 12.8 Å². The van der Waals surface area contributed by atoms with Crippen molar-refractivity contribution in [2.75, 3.05) is 13.1 Å². The van der Waals surface area contributed by atoms with Gasteiger partial charge in [0.1, 0.15) is 12.7 Å². The summed E-state index contributed by atoms with van der Waals surface area (Å²) in [4.78, 5) is 3.64. The van der Waals surface area contributed by atoms with E-state index in [1.54, 1.807) is 11.0 Å². The van der Waals surface area contributed by atoms with Gasteiger partial charge in [-0.1, -0.05) is 0 Å². The number of piperidine rings is 1. The average Bonchev–Trinajstić information content (AvgIpc) is 3.03. The Morgan fingerprint density at radius 3 is 2.78 bits per heavy atom. The first-order valence-electron chi connectivity index (χ1n) is 7.24. The largest absolute Gasteiger partial charge is 0.253 e. The van der Waals surface area contributed by atoms with Gasteiger partial charge in [0.05, 0.1) is 4.90 Å². The molecular formula is C14H16F2N4O2S. The average molecular weight is 342 g/mol. The number of halogens is 2. The minimum Gasteiger partial charge on any atom is -0.253 e. The summed E-state index contributed by atoms with van der Waals surface area (Å²) in [7, 11) is -3.83. The van der Waals surface area contributed by atoms with E-state index in [2.05, 4.69) is 10.1 Å². The molecule has 0 radical (unpaired) electrons. The van der Waals surface area contributed by atoms with Crippen molar-refractivity contribution < 1.29 is 17.2 Å². The van der Waals surface area contributed by atoms with Crippen LogP contribution in [0.4, 0.5) is 8.78 Å². The fourth-order valence-electron chi connectivity index (χ4n) is 2.77. The molecule has 9 heteroatoms. The number of hydrogen-bond donors (Lipinski definition) is 0. The molecule has 0 amide bonds. The van der Waals surface area contributed by atoms with Gasteiger partial charge < -0.3 is 0 Å². The molecule has 124 valence electrons. The highest BCUT2D eigenvalue weighted by molar-refractivity contribution is 7.89. The van der Waals surface area contributed by atoms with Gasteiger partial charge in [-0.25, -0.2) is 22.2 Å². The highest BCUT2D eigenvalue weighted by Gasteiger charge is 2.31. The van der Waals surface area contributed by atoms with Gasteiger partial charge >= 0.3 is 0 Å². The molecule has 2 aromatic rings. The molecule has 2 heterocycles. The number of benzene rings is 1. The fraction of sp³-hybridized carbons (Fsp3) is 0.429. The summed E-state index contributed by atoms with van der Waals surface area (Å²) in [5.74, 6) is -2.13. The zero-order valence-electron chi connectivity index (χ0n) is 12.3. The van der Waals surface area contributed by atoms with Gasteiger partial charge in [0, 0.05) is 19.6 Å². The van der Waals surface area contributed by atoms with Gasteiger partial charge in [0.15, 0.2) is 11.6 Å². The number of rotatable bonds is 4. The summed E-state index contributed by atoms with van der Waals surface area (Å²) in [6, 6.07) is 2.65. The van der Waals surface area contributed by atoms with E-state index in [0.29, 0.717) is 26.1 Å². The van der Waals surface area contributed by atoms with Crippen molar-refractivity contribution in [2.45, 2.75) is 24.3 Å². The molecule has 1 fully saturated rings. The van der Waals surface area contributed by atoms with Crippen molar-refractivity contribution in [3.05, 3.63) is 42.5 Å². The standard InChI is InChI=1S/C14H16F2N4O2S/c15-13-4-3-12(6-14(13)16)23(21,22)20-5-1-2-11(8-20)7-19-10-17-9-18-19/h3-4,6,9-11H,1-2,5,7-8H2. The summed E-state index contributed by atoms with van der Waals surface area (Å²) >= 11 is 0. The molecule has 0 bridgehead atoms. The lowest BCUT2D eigenvalue weighted by atomic mass is 10.00. The van der Waals surface area contributed by atoms with Crippen LogP contribution in [-0.4, -0.2) is 40.6 Å². The van der Waals surface area contributed by atoms with Crippen molar-refractivity contribution in [1.29, 1.82) is 0 Å². The third kappa shape index (κ3) is 3.40. The molecule has 3 rings (SSSR count). The highest BCUT2D eigenvalue weighted by atomic mass is 32.2. The maximum Gasteiger partial charge on any atom is 0.243 e. The van der Waals surface area contributed by atoms with Gasteiger partial charge in [0.25, 0.3) is 0 Å². The van der Waals surface area contributed by atoms with Gasteiger partial charge in [-0.05, 0) is 37.0 Å². The minimum atomic E-state index is -3.83. The summed E-state index contributed by atoms with van der Waals surface area (Å²) in [6.07, 6.45) is 4.60. The smallest absolute Gasteiger partial charge is 0.243 e. The molecule has 0 saturated carbocycles. The maximum absolute atomic E-state index is 13.3. The van der Waals surface area contributed by atoms with E-state index in [-0.39, 0.29) is 10.8 Å². The third-order valence-electron chi connectivity index (χ3n) is 3.92. The van der Waals surface area contributed by atoms with Crippen molar-refractivity contribution in [3.8, 4) is 0 Å². The van der Waals surface area contributed by atoms with E-state index in [1.807, 2.05) is 0 Å². The van der Waals surface area contributed by atoms with Crippen LogP contribution in [0.5, 0.6) is 0 Å². The minimum absolute atomic E-state index is 0.102. The van der Waals surface area contributed by atoms with E-state index in [9.17, 15) is 17.2 Å². The van der Waals surface area contributed by atoms with E-state index < -0.39 is 21.7 Å². The van der Waals surface area contributed by atoms with E-state index in [1.165, 1.54) is 10.6 Å². The Hall–Kier alpha value is -1.87. The Bertz CT molecular complexity index is 780. The summed E-state index contributed by atoms with van der Waals surface area (Å²) in [6.45, 7) is 1.26. The van der Waals surface area contributed by atoms with Gasteiger partial charge in [-0.3, -0.25) is 4.68 Å². The molecule has 6 nitrogen and oxygen atoms in total. The second-order valence-corrected chi connectivity index (χ2v) is 7.50. The quantitative estimate of drug-likeness (QED) is 0.847. The van der Waals surface area contributed by atoms with E-state index in [0.717, 1.165) is 24.6 Å². The van der Waals surface area contributed by atoms with Crippen molar-refractivity contribution in [1.82, 2.24) is 19.1 Å². The van der Waals surface area contributed by atoms with Gasteiger partial charge in [-0.2, -0.15) is 9.40 Å². The first-order valence-corrected chi connectivity index (χ1v) is 8.68. The Labute approximate surface area is 132 Å². The second-order valence-electron chi connectivity index (χ2n) is 5.56. The maximum atomic E-state index is 13.3. The first kappa shape index (κ1) is 16.0. The molecule has 1 aromatic carbocycles. The third-order valence-corrected chi connectivity index (χ3v) is 5.78. The van der Waals surface area contributed by atoms with Crippen LogP contribution in [0.2, 0.25) is 0 Å². The van der Waals surface area contributed by atoms with Crippen LogP contribution in [-0.2, 0) is 16.6 Å². The van der Waals surface area contributed by atoms with E-state index >= 15 is 0 Å². The highest BCUT2D eigenvalue weighted by Crippen LogP contribution is 2.25. The van der Waals surface area contributed by atoms with Crippen molar-refractivity contribution >= 4 is 10.0 Å². The molecule has 1 saturated heterocycles. The molecule has 0 N–H and O–H groups in total. The number of aromatic nitrogens is 3. The van der Waals surface area contributed by atoms with Gasteiger partial charge in [0.2, 0.25) is 10.0 Å². The lowest BCUT2D eigenvalue weighted by Crippen LogP contribution is -2.41.